The van der Waals surface area contributed by atoms with E-state index in [9.17, 15) is 4.79 Å². The highest BCUT2D eigenvalue weighted by molar-refractivity contribution is 5.87. The van der Waals surface area contributed by atoms with E-state index >= 15 is 0 Å². The number of carbonyl (C=O) groups is 1. The molecule has 1 aromatic heterocycles. The lowest BCUT2D eigenvalue weighted by Crippen LogP contribution is -2.42. The third kappa shape index (κ3) is 3.37. The van der Waals surface area contributed by atoms with Crippen LogP contribution >= 0.6 is 0 Å². The normalized spacial score (nSPS) is 26.0. The van der Waals surface area contributed by atoms with Gasteiger partial charge in [0.15, 0.2) is 0 Å². The van der Waals surface area contributed by atoms with Gasteiger partial charge < -0.3 is 5.73 Å². The van der Waals surface area contributed by atoms with Crippen molar-refractivity contribution in [2.75, 3.05) is 6.54 Å². The number of ketones is 1. The maximum atomic E-state index is 12.9. The molecule has 0 aromatic carbocycles. The van der Waals surface area contributed by atoms with E-state index in [1.165, 1.54) is 0 Å². The highest BCUT2D eigenvalue weighted by Crippen LogP contribution is 2.39. The first-order valence-electron chi connectivity index (χ1n) is 8.33. The Kier molecular flexibility index (Phi) is 5.20. The van der Waals surface area contributed by atoms with Gasteiger partial charge >= 0.3 is 0 Å². The summed E-state index contributed by atoms with van der Waals surface area (Å²) < 4.78 is 1.96. The second kappa shape index (κ2) is 6.73. The molecule has 1 aliphatic rings. The van der Waals surface area contributed by atoms with E-state index in [2.05, 4.69) is 31.9 Å². The van der Waals surface area contributed by atoms with Crippen LogP contribution in [0.1, 0.15) is 57.8 Å². The molecule has 4 nitrogen and oxygen atoms in total. The largest absolute Gasteiger partial charge is 0.329 e. The quantitative estimate of drug-likeness (QED) is 0.876. The van der Waals surface area contributed by atoms with Gasteiger partial charge in [0.1, 0.15) is 5.78 Å². The Labute approximate surface area is 128 Å². The minimum absolute atomic E-state index is 0.290. The Bertz CT molecular complexity index is 484. The van der Waals surface area contributed by atoms with E-state index in [0.29, 0.717) is 18.7 Å². The van der Waals surface area contributed by atoms with Crippen molar-refractivity contribution < 1.29 is 4.79 Å². The van der Waals surface area contributed by atoms with Crippen LogP contribution in [0.3, 0.4) is 0 Å². The van der Waals surface area contributed by atoms with Crippen LogP contribution in [0.25, 0.3) is 0 Å². The fourth-order valence-electron chi connectivity index (χ4n) is 3.37. The van der Waals surface area contributed by atoms with Crippen molar-refractivity contribution in [2.24, 2.45) is 17.1 Å². The highest BCUT2D eigenvalue weighted by Gasteiger charge is 2.39. The first-order valence-corrected chi connectivity index (χ1v) is 8.33. The maximum Gasteiger partial charge on any atom is 0.146 e. The molecule has 1 heterocycles. The summed E-state index contributed by atoms with van der Waals surface area (Å²) in [4.78, 5) is 12.9. The van der Waals surface area contributed by atoms with Crippen molar-refractivity contribution in [2.45, 2.75) is 65.8 Å². The van der Waals surface area contributed by atoms with E-state index in [1.54, 1.807) is 0 Å². The van der Waals surface area contributed by atoms with Gasteiger partial charge in [-0.15, -0.1) is 0 Å². The summed E-state index contributed by atoms with van der Waals surface area (Å²) in [5.41, 5.74) is 7.82. The van der Waals surface area contributed by atoms with Crippen LogP contribution in [-0.4, -0.2) is 22.1 Å². The van der Waals surface area contributed by atoms with Gasteiger partial charge in [-0.3, -0.25) is 9.48 Å². The Balaban J connectivity index is 2.14. The van der Waals surface area contributed by atoms with E-state index in [1.807, 2.05) is 4.68 Å². The molecule has 0 saturated heterocycles. The van der Waals surface area contributed by atoms with E-state index in [-0.39, 0.29) is 5.41 Å². The first-order chi connectivity index (χ1) is 10.0. The molecular formula is C17H29N3O. The molecule has 0 spiro atoms. The van der Waals surface area contributed by atoms with Crippen molar-refractivity contribution >= 4 is 5.78 Å². The Morgan fingerprint density at radius 1 is 1.43 bits per heavy atom. The molecular weight excluding hydrogens is 262 g/mol. The minimum atomic E-state index is -0.290. The number of Topliss-reactive ketones (excluding diaryl/α,β-unsaturated/α-hetero) is 1. The molecule has 1 saturated carbocycles. The molecule has 0 amide bonds. The predicted octanol–water partition coefficient (Wildman–Crippen LogP) is 2.73. The molecule has 0 unspecified atom stereocenters. The van der Waals surface area contributed by atoms with E-state index in [0.717, 1.165) is 56.0 Å². The smallest absolute Gasteiger partial charge is 0.146 e. The van der Waals surface area contributed by atoms with E-state index < -0.39 is 0 Å². The van der Waals surface area contributed by atoms with Gasteiger partial charge in [-0.1, -0.05) is 13.8 Å². The predicted molar refractivity (Wildman–Crippen MR) is 85.1 cm³/mol. The van der Waals surface area contributed by atoms with Gasteiger partial charge in [0.05, 0.1) is 5.69 Å². The number of nitrogens with zero attached hydrogens (tertiary/aromatic N) is 2. The summed E-state index contributed by atoms with van der Waals surface area (Å²) in [7, 11) is 0. The molecule has 2 N–H and O–H groups in total. The lowest BCUT2D eigenvalue weighted by molar-refractivity contribution is -0.129. The maximum absolute atomic E-state index is 12.9. The summed E-state index contributed by atoms with van der Waals surface area (Å²) >= 11 is 0. The molecule has 0 atom stereocenters. The Hall–Kier alpha value is -1.16. The van der Waals surface area contributed by atoms with Gasteiger partial charge in [0.25, 0.3) is 0 Å². The first kappa shape index (κ1) is 16.2. The van der Waals surface area contributed by atoms with E-state index in [4.69, 9.17) is 5.73 Å². The molecule has 0 bridgehead atoms. The highest BCUT2D eigenvalue weighted by atomic mass is 16.1. The number of nitrogens with two attached hydrogens (primary N) is 1. The van der Waals surface area contributed by atoms with Crippen LogP contribution < -0.4 is 5.73 Å². The molecule has 21 heavy (non-hydrogen) atoms. The van der Waals surface area contributed by atoms with Crippen molar-refractivity contribution in [1.82, 2.24) is 9.78 Å². The second-order valence-electron chi connectivity index (χ2n) is 6.56. The molecule has 1 fully saturated rings. The lowest BCUT2D eigenvalue weighted by atomic mass is 9.67. The molecule has 1 aliphatic carbocycles. The third-order valence-electron chi connectivity index (χ3n) is 5.13. The average Bonchev–Trinajstić information content (AvgIpc) is 2.90. The van der Waals surface area contributed by atoms with Gasteiger partial charge in [0, 0.05) is 30.6 Å². The summed E-state index contributed by atoms with van der Waals surface area (Å²) in [6.45, 7) is 7.73. The standard InChI is InChI=1S/C17H29N3O/c1-4-14-10-15(20(5-2)19-14)11-16(21)17(12-18)8-6-13(3)7-9-17/h10,13H,4-9,11-12,18H2,1-3H3. The van der Waals surface area contributed by atoms with Crippen molar-refractivity contribution in [3.63, 3.8) is 0 Å². The van der Waals surface area contributed by atoms with Gasteiger partial charge in [-0.25, -0.2) is 0 Å². The average molecular weight is 291 g/mol. The van der Waals surface area contributed by atoms with Crippen LogP contribution in [0.15, 0.2) is 6.07 Å². The SMILES string of the molecule is CCc1cc(CC(=O)C2(CN)CCC(C)CC2)n(CC)n1. The zero-order valence-corrected chi connectivity index (χ0v) is 13.7. The molecule has 0 radical (unpaired) electrons. The van der Waals surface area contributed by atoms with Crippen LogP contribution in [0.5, 0.6) is 0 Å². The van der Waals surface area contributed by atoms with Crippen molar-refractivity contribution in [3.05, 3.63) is 17.5 Å². The number of aryl methyl sites for hydroxylation is 2. The summed E-state index contributed by atoms with van der Waals surface area (Å²) in [6.07, 6.45) is 5.53. The van der Waals surface area contributed by atoms with Crippen molar-refractivity contribution in [3.8, 4) is 0 Å². The molecule has 2 rings (SSSR count). The number of aromatic nitrogens is 2. The zero-order chi connectivity index (χ0) is 15.5. The minimum Gasteiger partial charge on any atom is -0.329 e. The van der Waals surface area contributed by atoms with Crippen LogP contribution in [0.4, 0.5) is 0 Å². The summed E-state index contributed by atoms with van der Waals surface area (Å²) in [6, 6.07) is 2.08. The fraction of sp³-hybridized carbons (Fsp3) is 0.765. The monoisotopic (exact) mass is 291 g/mol. The number of hydrogen-bond donors (Lipinski definition) is 1. The van der Waals surface area contributed by atoms with Gasteiger partial charge in [0.2, 0.25) is 0 Å². The summed E-state index contributed by atoms with van der Waals surface area (Å²) in [5.74, 6) is 1.04. The number of rotatable bonds is 6. The third-order valence-corrected chi connectivity index (χ3v) is 5.13. The second-order valence-corrected chi connectivity index (χ2v) is 6.56. The molecule has 118 valence electrons. The fourth-order valence-corrected chi connectivity index (χ4v) is 3.37. The molecule has 1 aromatic rings. The zero-order valence-electron chi connectivity index (χ0n) is 13.7. The van der Waals surface area contributed by atoms with Crippen LogP contribution in [0, 0.1) is 11.3 Å². The van der Waals surface area contributed by atoms with Gasteiger partial charge in [-0.2, -0.15) is 5.10 Å². The van der Waals surface area contributed by atoms with Crippen LogP contribution in [0.2, 0.25) is 0 Å². The summed E-state index contributed by atoms with van der Waals surface area (Å²) in [5, 5.41) is 4.54. The van der Waals surface area contributed by atoms with Gasteiger partial charge in [-0.05, 0) is 51.0 Å². The molecule has 4 heteroatoms. The Morgan fingerprint density at radius 2 is 2.10 bits per heavy atom. The molecule has 0 aliphatic heterocycles. The van der Waals surface area contributed by atoms with Crippen LogP contribution in [-0.2, 0) is 24.2 Å². The van der Waals surface area contributed by atoms with Crippen molar-refractivity contribution in [1.29, 1.82) is 0 Å². The number of hydrogen-bond acceptors (Lipinski definition) is 3. The number of carbonyl (C=O) groups excluding carboxylic acids is 1. The Morgan fingerprint density at radius 3 is 2.62 bits per heavy atom. The topological polar surface area (TPSA) is 60.9 Å². The lowest BCUT2D eigenvalue weighted by Gasteiger charge is -2.37.